The molecule has 1 aliphatic rings. The molecule has 23 heavy (non-hydrogen) atoms. The summed E-state index contributed by atoms with van der Waals surface area (Å²) in [6, 6.07) is 10.1. The lowest BCUT2D eigenvalue weighted by molar-refractivity contribution is -0.143. The minimum absolute atomic E-state index is 0.147. The van der Waals surface area contributed by atoms with Gasteiger partial charge in [0, 0.05) is 19.2 Å². The molecule has 0 fully saturated rings. The maximum atomic E-state index is 11.7. The summed E-state index contributed by atoms with van der Waals surface area (Å²) < 4.78 is 5.05. The summed E-state index contributed by atoms with van der Waals surface area (Å²) in [5.41, 5.74) is 0.680. The minimum Gasteiger partial charge on any atom is -0.466 e. The van der Waals surface area contributed by atoms with E-state index in [0.29, 0.717) is 25.9 Å². The van der Waals surface area contributed by atoms with Crippen molar-refractivity contribution in [1.82, 2.24) is 0 Å². The van der Waals surface area contributed by atoms with Crippen LogP contribution >= 0.6 is 0 Å². The van der Waals surface area contributed by atoms with Crippen LogP contribution in [-0.4, -0.2) is 30.5 Å². The van der Waals surface area contributed by atoms with Crippen molar-refractivity contribution in [2.45, 2.75) is 38.1 Å². The molecule has 1 aromatic carbocycles. The van der Waals surface area contributed by atoms with Crippen LogP contribution in [0.4, 0.5) is 0 Å². The first-order chi connectivity index (χ1) is 11.2. The summed E-state index contributed by atoms with van der Waals surface area (Å²) in [4.78, 5) is 16.5. The number of benzene rings is 1. The highest BCUT2D eigenvalue weighted by Crippen LogP contribution is 2.42. The summed E-state index contributed by atoms with van der Waals surface area (Å²) in [7, 11) is 0. The molecule has 1 aliphatic heterocycles. The second-order valence-corrected chi connectivity index (χ2v) is 5.74. The van der Waals surface area contributed by atoms with Gasteiger partial charge in [-0.3, -0.25) is 9.79 Å². The fourth-order valence-corrected chi connectivity index (χ4v) is 3.20. The molecule has 0 aromatic heterocycles. The van der Waals surface area contributed by atoms with Crippen molar-refractivity contribution < 1.29 is 14.6 Å². The second kappa shape index (κ2) is 8.63. The highest BCUT2D eigenvalue weighted by atomic mass is 16.5. The molecule has 0 amide bonds. The zero-order valence-corrected chi connectivity index (χ0v) is 13.6. The van der Waals surface area contributed by atoms with Crippen molar-refractivity contribution in [1.29, 1.82) is 0 Å². The number of esters is 1. The zero-order chi connectivity index (χ0) is 16.5. The number of hydrogen-bond acceptors (Lipinski definition) is 4. The van der Waals surface area contributed by atoms with Crippen molar-refractivity contribution >= 4 is 12.2 Å². The van der Waals surface area contributed by atoms with Gasteiger partial charge in [-0.25, -0.2) is 0 Å². The maximum absolute atomic E-state index is 11.7. The fraction of sp³-hybridized carbons (Fsp3) is 0.474. The number of aliphatic imine (C=N–C) groups is 1. The molecule has 0 radical (unpaired) electrons. The van der Waals surface area contributed by atoms with Crippen molar-refractivity contribution in [2.75, 3.05) is 13.2 Å². The summed E-state index contributed by atoms with van der Waals surface area (Å²) in [5, 5.41) is 9.23. The number of allylic oxidation sites excluding steroid dienone is 1. The molecule has 4 nitrogen and oxygen atoms in total. The van der Waals surface area contributed by atoms with Gasteiger partial charge in [-0.05, 0) is 43.7 Å². The van der Waals surface area contributed by atoms with Crippen LogP contribution in [0, 0.1) is 5.92 Å². The Kier molecular flexibility index (Phi) is 6.53. The lowest BCUT2D eigenvalue weighted by Gasteiger charge is -2.34. The van der Waals surface area contributed by atoms with Gasteiger partial charge in [0.15, 0.2) is 0 Å². The van der Waals surface area contributed by atoms with Gasteiger partial charge in [-0.15, -0.1) is 0 Å². The van der Waals surface area contributed by atoms with Gasteiger partial charge in [-0.1, -0.05) is 36.4 Å². The molecule has 2 unspecified atom stereocenters. The van der Waals surface area contributed by atoms with Gasteiger partial charge >= 0.3 is 5.97 Å². The molecule has 2 rings (SSSR count). The average Bonchev–Trinajstić information content (AvgIpc) is 3.07. The predicted molar refractivity (Wildman–Crippen MR) is 91.4 cm³/mol. The van der Waals surface area contributed by atoms with E-state index in [1.165, 1.54) is 0 Å². The first-order valence-electron chi connectivity index (χ1n) is 8.28. The third-order valence-corrected chi connectivity index (χ3v) is 4.30. The third-order valence-electron chi connectivity index (χ3n) is 4.30. The highest BCUT2D eigenvalue weighted by molar-refractivity contribution is 5.76. The Morgan fingerprint density at radius 3 is 2.70 bits per heavy atom. The molecule has 1 N–H and O–H groups in total. The van der Waals surface area contributed by atoms with Gasteiger partial charge in [-0.2, -0.15) is 0 Å². The van der Waals surface area contributed by atoms with E-state index in [0.717, 1.165) is 12.0 Å². The maximum Gasteiger partial charge on any atom is 0.305 e. The third kappa shape index (κ3) is 4.29. The first-order valence-corrected chi connectivity index (χ1v) is 8.28. The number of rotatable bonds is 9. The van der Waals surface area contributed by atoms with E-state index >= 15 is 0 Å². The van der Waals surface area contributed by atoms with Crippen LogP contribution < -0.4 is 0 Å². The number of aliphatic hydroxyl groups excluding tert-OH is 1. The molecule has 0 saturated heterocycles. The molecule has 4 heteroatoms. The van der Waals surface area contributed by atoms with Crippen LogP contribution in [-0.2, 0) is 15.1 Å². The summed E-state index contributed by atoms with van der Waals surface area (Å²) >= 11 is 0. The van der Waals surface area contributed by atoms with Crippen molar-refractivity contribution in [2.24, 2.45) is 10.9 Å². The molecule has 2 atom stereocenters. The van der Waals surface area contributed by atoms with Crippen molar-refractivity contribution in [3.8, 4) is 0 Å². The smallest absolute Gasteiger partial charge is 0.305 e. The number of ether oxygens (including phenoxy) is 1. The summed E-state index contributed by atoms with van der Waals surface area (Å²) in [6.45, 7) is 2.37. The molecule has 0 aliphatic carbocycles. The second-order valence-electron chi connectivity index (χ2n) is 5.74. The number of nitrogens with zero attached hydrogens (tertiary/aromatic N) is 1. The Morgan fingerprint density at radius 2 is 2.09 bits per heavy atom. The van der Waals surface area contributed by atoms with Crippen LogP contribution in [0.2, 0.25) is 0 Å². The SMILES string of the molecule is CCOC(=O)CCC(CCCO)C1(c2ccccc2)C=CC=N1. The summed E-state index contributed by atoms with van der Waals surface area (Å²) in [6.07, 6.45) is 8.47. The Balaban J connectivity index is 2.22. The first kappa shape index (κ1) is 17.4. The molecule has 0 bridgehead atoms. The molecule has 124 valence electrons. The normalized spacial score (nSPS) is 20.6. The van der Waals surface area contributed by atoms with Gasteiger partial charge in [0.1, 0.15) is 5.54 Å². The van der Waals surface area contributed by atoms with Gasteiger partial charge < -0.3 is 9.84 Å². The van der Waals surface area contributed by atoms with Crippen LogP contribution in [0.1, 0.15) is 38.2 Å². The Hall–Kier alpha value is -1.94. The Bertz CT molecular complexity index is 539. The largest absolute Gasteiger partial charge is 0.466 e. The van der Waals surface area contributed by atoms with Gasteiger partial charge in [0.25, 0.3) is 0 Å². The molecular formula is C19H25NO3. The van der Waals surface area contributed by atoms with Crippen molar-refractivity contribution in [3.05, 3.63) is 48.0 Å². The van der Waals surface area contributed by atoms with Crippen LogP contribution in [0.3, 0.4) is 0 Å². The topological polar surface area (TPSA) is 58.9 Å². The zero-order valence-electron chi connectivity index (χ0n) is 13.6. The Morgan fingerprint density at radius 1 is 1.30 bits per heavy atom. The predicted octanol–water partition coefficient (Wildman–Crippen LogP) is 3.25. The van der Waals surface area contributed by atoms with Crippen LogP contribution in [0.5, 0.6) is 0 Å². The molecule has 1 heterocycles. The number of carbonyl (C=O) groups excluding carboxylic acids is 1. The Labute approximate surface area is 137 Å². The van der Waals surface area contributed by atoms with E-state index in [-0.39, 0.29) is 18.5 Å². The standard InChI is InChI=1S/C19H25NO3/c1-2-23-18(22)12-11-17(10-6-15-21)19(13-7-14-20-19)16-8-4-3-5-9-16/h3-5,7-9,13-14,17,21H,2,6,10-12,15H2,1H3. The molecule has 0 saturated carbocycles. The van der Waals surface area contributed by atoms with Crippen LogP contribution in [0.25, 0.3) is 0 Å². The molecular weight excluding hydrogens is 290 g/mol. The summed E-state index contributed by atoms with van der Waals surface area (Å²) in [5.74, 6) is -0.0212. The van der Waals surface area contributed by atoms with E-state index in [1.54, 1.807) is 0 Å². The highest BCUT2D eigenvalue weighted by Gasteiger charge is 2.38. The lowest BCUT2D eigenvalue weighted by atomic mass is 9.74. The number of aliphatic hydroxyl groups is 1. The average molecular weight is 315 g/mol. The van der Waals surface area contributed by atoms with E-state index < -0.39 is 5.54 Å². The van der Waals surface area contributed by atoms with E-state index in [2.05, 4.69) is 18.2 Å². The molecule has 0 spiro atoms. The fourth-order valence-electron chi connectivity index (χ4n) is 3.20. The van der Waals surface area contributed by atoms with Crippen LogP contribution in [0.15, 0.2) is 47.5 Å². The number of hydrogen-bond donors (Lipinski definition) is 1. The van der Waals surface area contributed by atoms with Crippen molar-refractivity contribution in [3.63, 3.8) is 0 Å². The lowest BCUT2D eigenvalue weighted by Crippen LogP contribution is -2.31. The minimum atomic E-state index is -0.442. The number of carbonyl (C=O) groups is 1. The monoisotopic (exact) mass is 315 g/mol. The van der Waals surface area contributed by atoms with E-state index in [9.17, 15) is 9.90 Å². The van der Waals surface area contributed by atoms with Gasteiger partial charge in [0.2, 0.25) is 0 Å². The quantitative estimate of drug-likeness (QED) is 0.712. The van der Waals surface area contributed by atoms with Gasteiger partial charge in [0.05, 0.1) is 6.61 Å². The van der Waals surface area contributed by atoms with E-state index in [1.807, 2.05) is 37.4 Å². The van der Waals surface area contributed by atoms with E-state index in [4.69, 9.17) is 9.73 Å². The molecule has 1 aromatic rings.